The highest BCUT2D eigenvalue weighted by atomic mass is 127. The largest absolute Gasteiger partial charge is 0.368 e. The number of hydrogen-bond donors (Lipinski definition) is 1. The van der Waals surface area contributed by atoms with E-state index in [2.05, 4.69) is 27.0 Å². The van der Waals surface area contributed by atoms with E-state index in [1.54, 1.807) is 0 Å². The normalized spacial score (nSPS) is 25.6. The Labute approximate surface area is 172 Å². The molecule has 0 aromatic carbocycles. The average molecular weight is 482 g/mol. The van der Waals surface area contributed by atoms with E-state index in [-0.39, 0.29) is 36.0 Å². The van der Waals surface area contributed by atoms with Crippen molar-refractivity contribution in [1.29, 1.82) is 0 Å². The number of carbonyl (C=O) groups excluding carboxylic acids is 1. The molecular formula is C17H31IN4O2S. The number of piperazine rings is 1. The summed E-state index contributed by atoms with van der Waals surface area (Å²) in [5.74, 6) is 4.50. The van der Waals surface area contributed by atoms with Crippen molar-refractivity contribution in [2.24, 2.45) is 10.9 Å². The summed E-state index contributed by atoms with van der Waals surface area (Å²) in [5, 5.41) is 3.55. The highest BCUT2D eigenvalue weighted by Gasteiger charge is 2.31. The van der Waals surface area contributed by atoms with Crippen molar-refractivity contribution in [2.45, 2.75) is 31.8 Å². The molecule has 144 valence electrons. The molecule has 1 unspecified atom stereocenters. The highest BCUT2D eigenvalue weighted by molar-refractivity contribution is 14.0. The van der Waals surface area contributed by atoms with Gasteiger partial charge in [-0.3, -0.25) is 9.79 Å². The molecule has 3 saturated heterocycles. The molecule has 3 rings (SSSR count). The standard InChI is InChI=1S/C17H30N4O2S.HI/c1-18-17(19-13-14-4-11-24-12-5-14)21-8-6-20(7-9-21)16(22)15-3-2-10-23-15;/h14-15H,2-13H2,1H3,(H,18,19);1H. The summed E-state index contributed by atoms with van der Waals surface area (Å²) in [6, 6.07) is 0. The number of ether oxygens (including phenoxy) is 1. The summed E-state index contributed by atoms with van der Waals surface area (Å²) in [7, 11) is 1.85. The van der Waals surface area contributed by atoms with E-state index in [1.807, 2.05) is 11.9 Å². The molecule has 0 aliphatic carbocycles. The van der Waals surface area contributed by atoms with Crippen LogP contribution in [0, 0.1) is 5.92 Å². The van der Waals surface area contributed by atoms with Crippen LogP contribution in [-0.4, -0.2) is 85.7 Å². The smallest absolute Gasteiger partial charge is 0.251 e. The molecular weight excluding hydrogens is 451 g/mol. The van der Waals surface area contributed by atoms with Crippen LogP contribution in [-0.2, 0) is 9.53 Å². The lowest BCUT2D eigenvalue weighted by atomic mass is 10.0. The molecule has 1 amide bonds. The number of thioether (sulfide) groups is 1. The summed E-state index contributed by atoms with van der Waals surface area (Å²) in [6.07, 6.45) is 4.30. The maximum Gasteiger partial charge on any atom is 0.251 e. The number of aliphatic imine (C=N–C) groups is 1. The van der Waals surface area contributed by atoms with Crippen LogP contribution in [0.15, 0.2) is 4.99 Å². The van der Waals surface area contributed by atoms with Crippen LogP contribution < -0.4 is 5.32 Å². The third-order valence-electron chi connectivity index (χ3n) is 5.20. The van der Waals surface area contributed by atoms with Gasteiger partial charge in [0.05, 0.1) is 0 Å². The summed E-state index contributed by atoms with van der Waals surface area (Å²) in [6.45, 7) is 4.96. The van der Waals surface area contributed by atoms with Crippen molar-refractivity contribution >= 4 is 47.6 Å². The Balaban J connectivity index is 0.00000225. The average Bonchev–Trinajstić information content (AvgIpc) is 3.18. The van der Waals surface area contributed by atoms with E-state index in [0.29, 0.717) is 0 Å². The van der Waals surface area contributed by atoms with Crippen LogP contribution in [0.25, 0.3) is 0 Å². The monoisotopic (exact) mass is 482 g/mol. The van der Waals surface area contributed by atoms with E-state index >= 15 is 0 Å². The molecule has 0 bridgehead atoms. The van der Waals surface area contributed by atoms with Crippen LogP contribution >= 0.6 is 35.7 Å². The van der Waals surface area contributed by atoms with Gasteiger partial charge in [0, 0.05) is 46.4 Å². The molecule has 6 nitrogen and oxygen atoms in total. The number of carbonyl (C=O) groups is 1. The van der Waals surface area contributed by atoms with Crippen LogP contribution in [0.2, 0.25) is 0 Å². The fraction of sp³-hybridized carbons (Fsp3) is 0.882. The van der Waals surface area contributed by atoms with E-state index in [1.165, 1.54) is 24.3 Å². The molecule has 3 heterocycles. The van der Waals surface area contributed by atoms with Crippen molar-refractivity contribution in [3.63, 3.8) is 0 Å². The molecule has 1 atom stereocenters. The van der Waals surface area contributed by atoms with E-state index < -0.39 is 0 Å². The fourth-order valence-corrected chi connectivity index (χ4v) is 4.84. The number of halogens is 1. The van der Waals surface area contributed by atoms with E-state index in [0.717, 1.165) is 64.0 Å². The second kappa shape index (κ2) is 10.8. The molecule has 0 spiro atoms. The van der Waals surface area contributed by atoms with E-state index in [9.17, 15) is 4.79 Å². The second-order valence-electron chi connectivity index (χ2n) is 6.80. The van der Waals surface area contributed by atoms with Crippen molar-refractivity contribution in [2.75, 3.05) is 57.9 Å². The number of hydrogen-bond acceptors (Lipinski definition) is 4. The minimum atomic E-state index is -0.196. The van der Waals surface area contributed by atoms with Crippen LogP contribution in [0.4, 0.5) is 0 Å². The van der Waals surface area contributed by atoms with Crippen LogP contribution in [0.1, 0.15) is 25.7 Å². The van der Waals surface area contributed by atoms with Gasteiger partial charge in [0.15, 0.2) is 5.96 Å². The first-order valence-electron chi connectivity index (χ1n) is 9.21. The van der Waals surface area contributed by atoms with Gasteiger partial charge >= 0.3 is 0 Å². The summed E-state index contributed by atoms with van der Waals surface area (Å²) in [5.41, 5.74) is 0. The molecule has 0 aromatic heterocycles. The Morgan fingerprint density at radius 2 is 1.84 bits per heavy atom. The maximum absolute atomic E-state index is 12.4. The minimum absolute atomic E-state index is 0. The number of nitrogens with zero attached hydrogens (tertiary/aromatic N) is 3. The number of amides is 1. The van der Waals surface area contributed by atoms with Gasteiger partial charge in [0.2, 0.25) is 0 Å². The Kier molecular flexibility index (Phi) is 9.12. The van der Waals surface area contributed by atoms with Crippen molar-refractivity contribution in [1.82, 2.24) is 15.1 Å². The summed E-state index contributed by atoms with van der Waals surface area (Å²) >= 11 is 2.06. The van der Waals surface area contributed by atoms with Crippen molar-refractivity contribution < 1.29 is 9.53 Å². The molecule has 1 N–H and O–H groups in total. The summed E-state index contributed by atoms with van der Waals surface area (Å²) < 4.78 is 5.53. The quantitative estimate of drug-likeness (QED) is 0.377. The molecule has 0 aromatic rings. The predicted octanol–water partition coefficient (Wildman–Crippen LogP) is 1.65. The van der Waals surface area contributed by atoms with Crippen LogP contribution in [0.3, 0.4) is 0 Å². The zero-order valence-corrected chi connectivity index (χ0v) is 18.3. The van der Waals surface area contributed by atoms with E-state index in [4.69, 9.17) is 4.74 Å². The molecule has 0 radical (unpaired) electrons. The fourth-order valence-electron chi connectivity index (χ4n) is 3.63. The summed E-state index contributed by atoms with van der Waals surface area (Å²) in [4.78, 5) is 21.1. The Morgan fingerprint density at radius 3 is 2.44 bits per heavy atom. The number of guanidine groups is 1. The van der Waals surface area contributed by atoms with Gasteiger partial charge in [0.25, 0.3) is 5.91 Å². The third kappa shape index (κ3) is 5.89. The Hall–Kier alpha value is -0.220. The lowest BCUT2D eigenvalue weighted by molar-refractivity contribution is -0.142. The molecule has 3 fully saturated rings. The predicted molar refractivity (Wildman–Crippen MR) is 114 cm³/mol. The van der Waals surface area contributed by atoms with Gasteiger partial charge in [-0.05, 0) is 43.1 Å². The minimum Gasteiger partial charge on any atom is -0.368 e. The van der Waals surface area contributed by atoms with Gasteiger partial charge in [-0.15, -0.1) is 24.0 Å². The van der Waals surface area contributed by atoms with Crippen molar-refractivity contribution in [3.05, 3.63) is 0 Å². The van der Waals surface area contributed by atoms with Gasteiger partial charge in [-0.2, -0.15) is 11.8 Å². The Morgan fingerprint density at radius 1 is 1.16 bits per heavy atom. The molecule has 3 aliphatic heterocycles. The zero-order chi connectivity index (χ0) is 16.8. The third-order valence-corrected chi connectivity index (χ3v) is 6.25. The number of rotatable bonds is 3. The molecule has 8 heteroatoms. The van der Waals surface area contributed by atoms with Gasteiger partial charge < -0.3 is 19.9 Å². The molecule has 0 saturated carbocycles. The lowest BCUT2D eigenvalue weighted by Gasteiger charge is -2.37. The first-order chi connectivity index (χ1) is 11.8. The number of nitrogens with one attached hydrogen (secondary N) is 1. The second-order valence-corrected chi connectivity index (χ2v) is 8.02. The molecule has 3 aliphatic rings. The lowest BCUT2D eigenvalue weighted by Crippen LogP contribution is -2.55. The SMILES string of the molecule is CN=C(NCC1CCSCC1)N1CCN(C(=O)C2CCCO2)CC1.I. The van der Waals surface area contributed by atoms with Gasteiger partial charge in [-0.25, -0.2) is 0 Å². The maximum atomic E-state index is 12.4. The first kappa shape index (κ1) is 21.1. The zero-order valence-electron chi connectivity index (χ0n) is 15.1. The first-order valence-corrected chi connectivity index (χ1v) is 10.4. The van der Waals surface area contributed by atoms with Crippen molar-refractivity contribution in [3.8, 4) is 0 Å². The topological polar surface area (TPSA) is 57.2 Å². The van der Waals surface area contributed by atoms with Crippen LogP contribution in [0.5, 0.6) is 0 Å². The van der Waals surface area contributed by atoms with Gasteiger partial charge in [-0.1, -0.05) is 0 Å². The van der Waals surface area contributed by atoms with Gasteiger partial charge in [0.1, 0.15) is 6.10 Å². The Bertz CT molecular complexity index is 446. The highest BCUT2D eigenvalue weighted by Crippen LogP contribution is 2.22. The molecule has 25 heavy (non-hydrogen) atoms.